The highest BCUT2D eigenvalue weighted by atomic mass is 32.2. The van der Waals surface area contributed by atoms with E-state index in [0.717, 1.165) is 12.8 Å². The second kappa shape index (κ2) is 8.95. The van der Waals surface area contributed by atoms with Crippen molar-refractivity contribution in [2.45, 2.75) is 32.2 Å². The van der Waals surface area contributed by atoms with Crippen molar-refractivity contribution >= 4 is 26.8 Å². The van der Waals surface area contributed by atoms with Crippen LogP contribution in [0.3, 0.4) is 0 Å². The molecule has 8 nitrogen and oxygen atoms in total. The number of hydrogen-bond acceptors (Lipinski definition) is 5. The maximum atomic E-state index is 13.3. The van der Waals surface area contributed by atoms with Gasteiger partial charge in [-0.3, -0.25) is 9.78 Å². The summed E-state index contributed by atoms with van der Waals surface area (Å²) in [4.78, 5) is 17.2. The van der Waals surface area contributed by atoms with E-state index in [0.29, 0.717) is 41.7 Å². The highest BCUT2D eigenvalue weighted by Crippen LogP contribution is 2.24. The van der Waals surface area contributed by atoms with Gasteiger partial charge in [-0.1, -0.05) is 0 Å². The van der Waals surface area contributed by atoms with Crippen molar-refractivity contribution in [1.29, 1.82) is 0 Å². The molecule has 3 aromatic rings. The Balaban J connectivity index is 1.47. The topological polar surface area (TPSA) is 97.2 Å². The van der Waals surface area contributed by atoms with E-state index in [9.17, 15) is 17.6 Å². The van der Waals surface area contributed by atoms with E-state index >= 15 is 0 Å². The second-order valence-corrected chi connectivity index (χ2v) is 10.4. The number of halogens is 1. The van der Waals surface area contributed by atoms with Crippen LogP contribution < -0.4 is 5.32 Å². The van der Waals surface area contributed by atoms with Gasteiger partial charge in [0.2, 0.25) is 10.0 Å². The van der Waals surface area contributed by atoms with Crippen LogP contribution >= 0.6 is 0 Å². The number of nitrogens with zero attached hydrogens (tertiary/aromatic N) is 4. The molecule has 1 fully saturated rings. The standard InChI is InChI=1S/C22H26FN5O3S/c1-15(10-16-4-3-9-27(14-16)32(2,30)31)26-22(29)20-11-24-13-21-19(20)12-25-28(21)18-7-5-17(23)6-8-18/h5-8,11-13,15-16H,3-4,9-10,14H2,1-2H3,(H,26,29). The van der Waals surface area contributed by atoms with Gasteiger partial charge in [-0.05, 0) is 56.4 Å². The average Bonchev–Trinajstić information content (AvgIpc) is 3.18. The number of benzene rings is 1. The first-order chi connectivity index (χ1) is 15.2. The van der Waals surface area contributed by atoms with Crippen LogP contribution in [0.25, 0.3) is 16.6 Å². The zero-order chi connectivity index (χ0) is 22.9. The van der Waals surface area contributed by atoms with Crippen molar-refractivity contribution in [3.8, 4) is 5.69 Å². The summed E-state index contributed by atoms with van der Waals surface area (Å²) in [6.45, 7) is 2.97. The lowest BCUT2D eigenvalue weighted by atomic mass is 9.93. The fourth-order valence-corrected chi connectivity index (χ4v) is 5.23. The molecular formula is C22H26FN5O3S. The lowest BCUT2D eigenvalue weighted by molar-refractivity contribution is 0.0932. The lowest BCUT2D eigenvalue weighted by Crippen LogP contribution is -2.42. The molecule has 32 heavy (non-hydrogen) atoms. The van der Waals surface area contributed by atoms with Crippen molar-refractivity contribution in [1.82, 2.24) is 24.4 Å². The van der Waals surface area contributed by atoms with Gasteiger partial charge in [-0.25, -0.2) is 21.8 Å². The first-order valence-corrected chi connectivity index (χ1v) is 12.4. The molecule has 1 aromatic carbocycles. The molecule has 2 aromatic heterocycles. The highest BCUT2D eigenvalue weighted by Gasteiger charge is 2.27. The van der Waals surface area contributed by atoms with Gasteiger partial charge in [0, 0.05) is 30.7 Å². The summed E-state index contributed by atoms with van der Waals surface area (Å²) in [5.41, 5.74) is 1.72. The number of piperidine rings is 1. The van der Waals surface area contributed by atoms with Gasteiger partial charge in [-0.2, -0.15) is 5.10 Å². The van der Waals surface area contributed by atoms with Crippen LogP contribution in [0, 0.1) is 11.7 Å². The van der Waals surface area contributed by atoms with Crippen molar-refractivity contribution < 1.29 is 17.6 Å². The molecule has 1 aliphatic heterocycles. The molecule has 170 valence electrons. The third-order valence-electron chi connectivity index (χ3n) is 5.83. The van der Waals surface area contributed by atoms with Gasteiger partial charge in [-0.15, -0.1) is 0 Å². The van der Waals surface area contributed by atoms with Gasteiger partial charge < -0.3 is 5.32 Å². The van der Waals surface area contributed by atoms with Crippen molar-refractivity contribution in [2.75, 3.05) is 19.3 Å². The molecule has 0 radical (unpaired) electrons. The first kappa shape index (κ1) is 22.3. The van der Waals surface area contributed by atoms with Crippen molar-refractivity contribution in [3.05, 3.63) is 54.2 Å². The number of rotatable bonds is 6. The minimum absolute atomic E-state index is 0.130. The van der Waals surface area contributed by atoms with Crippen molar-refractivity contribution in [2.24, 2.45) is 5.92 Å². The Morgan fingerprint density at radius 2 is 2.00 bits per heavy atom. The van der Waals surface area contributed by atoms with E-state index in [-0.39, 0.29) is 23.7 Å². The third-order valence-corrected chi connectivity index (χ3v) is 7.10. The SMILES string of the molecule is CC(CC1CCCN(S(C)(=O)=O)C1)NC(=O)c1cncc2c1cnn2-c1ccc(F)cc1. The number of pyridine rings is 1. The molecule has 10 heteroatoms. The first-order valence-electron chi connectivity index (χ1n) is 10.6. The predicted molar refractivity (Wildman–Crippen MR) is 120 cm³/mol. The molecule has 0 bridgehead atoms. The molecule has 2 atom stereocenters. The minimum atomic E-state index is -3.20. The summed E-state index contributed by atoms with van der Waals surface area (Å²) in [6.07, 6.45) is 8.42. The number of amides is 1. The maximum Gasteiger partial charge on any atom is 0.253 e. The van der Waals surface area contributed by atoms with Gasteiger partial charge in [0.25, 0.3) is 5.91 Å². The van der Waals surface area contributed by atoms with Crippen LogP contribution in [0.2, 0.25) is 0 Å². The molecule has 1 amide bonds. The Hall–Kier alpha value is -2.85. The number of carbonyl (C=O) groups is 1. The Bertz CT molecular complexity index is 1230. The Morgan fingerprint density at radius 3 is 2.72 bits per heavy atom. The van der Waals surface area contributed by atoms with Crippen LogP contribution in [-0.4, -0.2) is 58.8 Å². The van der Waals surface area contributed by atoms with Crippen LogP contribution in [0.1, 0.15) is 36.5 Å². The van der Waals surface area contributed by atoms with Gasteiger partial charge >= 0.3 is 0 Å². The molecule has 1 N–H and O–H groups in total. The zero-order valence-electron chi connectivity index (χ0n) is 18.0. The van der Waals surface area contributed by atoms with E-state index in [4.69, 9.17) is 0 Å². The molecule has 1 saturated heterocycles. The number of hydrogen-bond donors (Lipinski definition) is 1. The Labute approximate surface area is 186 Å². The quantitative estimate of drug-likeness (QED) is 0.611. The van der Waals surface area contributed by atoms with Gasteiger partial charge in [0.1, 0.15) is 5.82 Å². The summed E-state index contributed by atoms with van der Waals surface area (Å²) in [7, 11) is -3.20. The van der Waals surface area contributed by atoms with Crippen molar-refractivity contribution in [3.63, 3.8) is 0 Å². The monoisotopic (exact) mass is 459 g/mol. The summed E-state index contributed by atoms with van der Waals surface area (Å²) >= 11 is 0. The minimum Gasteiger partial charge on any atom is -0.350 e. The molecule has 4 rings (SSSR count). The van der Waals surface area contributed by atoms with Crippen LogP contribution in [0.15, 0.2) is 42.9 Å². The van der Waals surface area contributed by atoms with Crippen LogP contribution in [0.4, 0.5) is 4.39 Å². The normalized spacial score (nSPS) is 18.5. The fourth-order valence-electron chi connectivity index (χ4n) is 4.29. The number of carbonyl (C=O) groups excluding carboxylic acids is 1. The summed E-state index contributed by atoms with van der Waals surface area (Å²) < 4.78 is 40.1. The van der Waals surface area contributed by atoms with E-state index in [2.05, 4.69) is 15.4 Å². The summed E-state index contributed by atoms with van der Waals surface area (Å²) in [6, 6.07) is 5.80. The predicted octanol–water partition coefficient (Wildman–Crippen LogP) is 2.74. The average molecular weight is 460 g/mol. The molecule has 1 aliphatic rings. The van der Waals surface area contributed by atoms with Crippen LogP contribution in [0.5, 0.6) is 0 Å². The molecular weight excluding hydrogens is 433 g/mol. The number of nitrogens with one attached hydrogen (secondary N) is 1. The Kier molecular flexibility index (Phi) is 6.25. The van der Waals surface area contributed by atoms with Crippen LogP contribution in [-0.2, 0) is 10.0 Å². The second-order valence-electron chi connectivity index (χ2n) is 8.39. The number of fused-ring (bicyclic) bond motifs is 1. The fraction of sp³-hybridized carbons (Fsp3) is 0.409. The van der Waals surface area contributed by atoms with Gasteiger partial charge in [0.05, 0.1) is 35.4 Å². The molecule has 0 aliphatic carbocycles. The smallest absolute Gasteiger partial charge is 0.253 e. The highest BCUT2D eigenvalue weighted by molar-refractivity contribution is 7.88. The Morgan fingerprint density at radius 1 is 1.25 bits per heavy atom. The summed E-state index contributed by atoms with van der Waals surface area (Å²) in [5, 5.41) is 8.01. The number of aromatic nitrogens is 3. The lowest BCUT2D eigenvalue weighted by Gasteiger charge is -2.32. The molecule has 3 heterocycles. The van der Waals surface area contributed by atoms with Gasteiger partial charge in [0.15, 0.2) is 0 Å². The van der Waals surface area contributed by atoms with E-state index < -0.39 is 10.0 Å². The molecule has 0 saturated carbocycles. The maximum absolute atomic E-state index is 13.3. The third kappa shape index (κ3) is 4.81. The number of sulfonamides is 1. The van der Waals surface area contributed by atoms with E-state index in [1.54, 1.807) is 29.2 Å². The molecule has 2 unspecified atom stereocenters. The van der Waals surface area contributed by atoms with E-state index in [1.807, 2.05) is 6.92 Å². The zero-order valence-corrected chi connectivity index (χ0v) is 18.8. The molecule has 0 spiro atoms. The largest absolute Gasteiger partial charge is 0.350 e. The van der Waals surface area contributed by atoms with E-state index in [1.165, 1.54) is 28.9 Å². The summed E-state index contributed by atoms with van der Waals surface area (Å²) in [5.74, 6) is -0.399.